The van der Waals surface area contributed by atoms with Crippen molar-refractivity contribution >= 4 is 41.4 Å². The van der Waals surface area contributed by atoms with Crippen LogP contribution in [-0.4, -0.2) is 32.7 Å². The second kappa shape index (κ2) is 12.6. The van der Waals surface area contributed by atoms with Crippen LogP contribution in [0.3, 0.4) is 0 Å². The number of hydrogen-bond acceptors (Lipinski definition) is 8. The van der Waals surface area contributed by atoms with E-state index in [2.05, 4.69) is 26.0 Å². The molecule has 0 aliphatic rings. The molecule has 0 spiro atoms. The van der Waals surface area contributed by atoms with E-state index in [0.717, 1.165) is 16.7 Å². The van der Waals surface area contributed by atoms with Gasteiger partial charge in [0.2, 0.25) is 11.1 Å². The molecule has 0 aliphatic heterocycles. The first kappa shape index (κ1) is 25.1. The molecule has 0 fully saturated rings. The van der Waals surface area contributed by atoms with Crippen molar-refractivity contribution in [2.75, 3.05) is 17.0 Å². The molecule has 4 aromatic rings. The number of nitrogens with two attached hydrogens (primary N) is 1. The Morgan fingerprint density at radius 2 is 1.78 bits per heavy atom. The lowest BCUT2D eigenvalue weighted by Gasteiger charge is -2.09. The summed E-state index contributed by atoms with van der Waals surface area (Å²) < 4.78 is 7.18. The number of halogens is 1. The minimum Gasteiger partial charge on any atom is -0.488 e. The smallest absolute Gasteiger partial charge is 0.264 e. The molecule has 1 aromatic heterocycles. The summed E-state index contributed by atoms with van der Waals surface area (Å²) in [5.74, 6) is 6.99. The van der Waals surface area contributed by atoms with Crippen LogP contribution in [0.25, 0.3) is 0 Å². The zero-order valence-electron chi connectivity index (χ0n) is 19.2. The first-order valence-corrected chi connectivity index (χ1v) is 12.3. The average Bonchev–Trinajstić information content (AvgIpc) is 3.26. The lowest BCUT2D eigenvalue weighted by atomic mass is 10.2. The number of amides is 1. The van der Waals surface area contributed by atoms with Gasteiger partial charge in [0.25, 0.3) is 5.95 Å². The van der Waals surface area contributed by atoms with E-state index in [0.29, 0.717) is 29.1 Å². The third kappa shape index (κ3) is 7.24. The molecule has 3 aromatic carbocycles. The van der Waals surface area contributed by atoms with Gasteiger partial charge in [-0.2, -0.15) is 5.10 Å². The number of benzene rings is 3. The van der Waals surface area contributed by atoms with Gasteiger partial charge in [-0.25, -0.2) is 10.1 Å². The molecule has 1 amide bonds. The van der Waals surface area contributed by atoms with E-state index in [-0.39, 0.29) is 17.6 Å². The normalized spacial score (nSPS) is 10.9. The van der Waals surface area contributed by atoms with Gasteiger partial charge < -0.3 is 15.9 Å². The van der Waals surface area contributed by atoms with Gasteiger partial charge in [-0.1, -0.05) is 78.0 Å². The number of aromatic nitrogens is 3. The summed E-state index contributed by atoms with van der Waals surface area (Å²) in [6, 6.07) is 24.7. The predicted octanol–water partition coefficient (Wildman–Crippen LogP) is 4.08. The van der Waals surface area contributed by atoms with Gasteiger partial charge in [0.15, 0.2) is 0 Å². The predicted molar refractivity (Wildman–Crippen MR) is 143 cm³/mol. The van der Waals surface area contributed by atoms with Crippen molar-refractivity contribution in [3.8, 4) is 5.75 Å². The highest BCUT2D eigenvalue weighted by atomic mass is 35.5. The van der Waals surface area contributed by atoms with E-state index >= 15 is 0 Å². The van der Waals surface area contributed by atoms with Crippen LogP contribution >= 0.6 is 23.4 Å². The Morgan fingerprint density at radius 1 is 1.03 bits per heavy atom. The number of nitrogen functional groups attached to an aromatic ring is 1. The van der Waals surface area contributed by atoms with Crippen molar-refractivity contribution in [3.05, 3.63) is 101 Å². The van der Waals surface area contributed by atoms with Gasteiger partial charge in [-0.05, 0) is 35.4 Å². The highest BCUT2D eigenvalue weighted by Crippen LogP contribution is 2.19. The lowest BCUT2D eigenvalue weighted by Crippen LogP contribution is -2.25. The average molecular weight is 522 g/mol. The van der Waals surface area contributed by atoms with Crippen LogP contribution in [0.15, 0.2) is 89.1 Å². The fourth-order valence-corrected chi connectivity index (χ4v) is 3.86. The Labute approximate surface area is 217 Å². The first-order valence-electron chi connectivity index (χ1n) is 11.0. The topological polar surface area (TPSA) is 119 Å². The van der Waals surface area contributed by atoms with Gasteiger partial charge in [0.05, 0.1) is 12.0 Å². The van der Waals surface area contributed by atoms with Gasteiger partial charge in [0, 0.05) is 17.1 Å². The number of ether oxygens (including phenoxy) is 1. The van der Waals surface area contributed by atoms with E-state index in [1.54, 1.807) is 6.21 Å². The highest BCUT2D eigenvalue weighted by Gasteiger charge is 2.12. The molecule has 0 saturated heterocycles. The Morgan fingerprint density at radius 3 is 2.58 bits per heavy atom. The molecular weight excluding hydrogens is 498 g/mol. The van der Waals surface area contributed by atoms with Crippen LogP contribution in [-0.2, 0) is 17.9 Å². The van der Waals surface area contributed by atoms with Crippen LogP contribution in [0, 0.1) is 0 Å². The Hall–Kier alpha value is -4.02. The Bertz CT molecular complexity index is 1310. The summed E-state index contributed by atoms with van der Waals surface area (Å²) >= 11 is 7.12. The van der Waals surface area contributed by atoms with E-state index < -0.39 is 0 Å². The molecule has 0 atom stereocenters. The fraction of sp³-hybridized carbons (Fsp3) is 0.120. The third-order valence-electron chi connectivity index (χ3n) is 4.92. The highest BCUT2D eigenvalue weighted by molar-refractivity contribution is 7.99. The number of nitrogens with zero attached hydrogens (tertiary/aromatic N) is 4. The van der Waals surface area contributed by atoms with Crippen molar-refractivity contribution in [2.24, 2.45) is 5.10 Å². The van der Waals surface area contributed by atoms with Crippen molar-refractivity contribution < 1.29 is 9.53 Å². The number of anilines is 1. The molecule has 184 valence electrons. The molecular formula is C25H24ClN7O2S. The zero-order chi connectivity index (χ0) is 25.2. The van der Waals surface area contributed by atoms with E-state index in [4.69, 9.17) is 22.2 Å². The van der Waals surface area contributed by atoms with Crippen LogP contribution in [0.4, 0.5) is 5.95 Å². The van der Waals surface area contributed by atoms with Crippen molar-refractivity contribution in [1.29, 1.82) is 0 Å². The Balaban J connectivity index is 1.28. The first-order chi connectivity index (χ1) is 17.6. The minimum atomic E-state index is -0.130. The molecule has 9 nitrogen and oxygen atoms in total. The van der Waals surface area contributed by atoms with Gasteiger partial charge >= 0.3 is 0 Å². The third-order valence-corrected chi connectivity index (χ3v) is 6.12. The lowest BCUT2D eigenvalue weighted by molar-refractivity contribution is -0.118. The summed E-state index contributed by atoms with van der Waals surface area (Å²) in [6.07, 6.45) is 1.61. The standard InChI is InChI=1S/C25H24ClN7O2S/c26-21-12-10-19(11-13-21)16-35-22-9-5-4-8-20(22)15-29-30-24-31-32-25(33(24)27)36-17-23(34)28-14-18-6-2-1-3-7-18/h1-13,15H,14,16-17,27H2,(H,28,34)(H,30,31)/b29-15+. The fourth-order valence-electron chi connectivity index (χ4n) is 3.05. The van der Waals surface area contributed by atoms with Crippen molar-refractivity contribution in [2.45, 2.75) is 18.3 Å². The molecule has 36 heavy (non-hydrogen) atoms. The number of para-hydroxylation sites is 1. The number of hydrazone groups is 1. The molecule has 4 rings (SSSR count). The van der Waals surface area contributed by atoms with Crippen molar-refractivity contribution in [1.82, 2.24) is 20.2 Å². The second-order valence-electron chi connectivity index (χ2n) is 7.55. The number of thioether (sulfide) groups is 1. The number of rotatable bonds is 11. The number of carbonyl (C=O) groups excluding carboxylic acids is 1. The number of carbonyl (C=O) groups is 1. The molecule has 0 radical (unpaired) electrons. The monoisotopic (exact) mass is 521 g/mol. The summed E-state index contributed by atoms with van der Waals surface area (Å²) in [5, 5.41) is 16.1. The maximum Gasteiger partial charge on any atom is 0.264 e. The molecule has 11 heteroatoms. The number of hydrogen-bond donors (Lipinski definition) is 3. The molecule has 0 bridgehead atoms. The summed E-state index contributed by atoms with van der Waals surface area (Å²) in [5.41, 5.74) is 5.57. The largest absolute Gasteiger partial charge is 0.488 e. The van der Waals surface area contributed by atoms with Gasteiger partial charge in [-0.3, -0.25) is 4.79 Å². The number of nitrogens with one attached hydrogen (secondary N) is 2. The van der Waals surface area contributed by atoms with Gasteiger partial charge in [0.1, 0.15) is 12.4 Å². The van der Waals surface area contributed by atoms with Crippen LogP contribution in [0.2, 0.25) is 5.02 Å². The second-order valence-corrected chi connectivity index (χ2v) is 8.93. The van der Waals surface area contributed by atoms with E-state index in [1.165, 1.54) is 16.4 Å². The molecule has 1 heterocycles. The maximum absolute atomic E-state index is 12.1. The molecule has 0 aliphatic carbocycles. The summed E-state index contributed by atoms with van der Waals surface area (Å²) in [4.78, 5) is 12.1. The molecule has 0 saturated carbocycles. The summed E-state index contributed by atoms with van der Waals surface area (Å²) in [7, 11) is 0. The zero-order valence-corrected chi connectivity index (χ0v) is 20.7. The Kier molecular flexibility index (Phi) is 8.79. The van der Waals surface area contributed by atoms with Gasteiger partial charge in [-0.15, -0.1) is 10.2 Å². The van der Waals surface area contributed by atoms with E-state index in [9.17, 15) is 4.79 Å². The van der Waals surface area contributed by atoms with Crippen LogP contribution in [0.1, 0.15) is 16.7 Å². The summed E-state index contributed by atoms with van der Waals surface area (Å²) in [6.45, 7) is 0.855. The molecule has 4 N–H and O–H groups in total. The SMILES string of the molecule is Nn1c(N/N=C/c2ccccc2OCc2ccc(Cl)cc2)nnc1SCC(=O)NCc1ccccc1. The van der Waals surface area contributed by atoms with Crippen molar-refractivity contribution in [3.63, 3.8) is 0 Å². The quantitative estimate of drug-likeness (QED) is 0.118. The molecule has 0 unspecified atom stereocenters. The maximum atomic E-state index is 12.1. The minimum absolute atomic E-state index is 0.130. The van der Waals surface area contributed by atoms with E-state index in [1.807, 2.05) is 78.9 Å². The van der Waals surface area contributed by atoms with Crippen LogP contribution < -0.4 is 21.3 Å². The van der Waals surface area contributed by atoms with Crippen LogP contribution in [0.5, 0.6) is 5.75 Å².